The lowest BCUT2D eigenvalue weighted by atomic mass is 9.99. The van der Waals surface area contributed by atoms with Crippen molar-refractivity contribution in [2.75, 3.05) is 0 Å². The Morgan fingerprint density at radius 1 is 0.929 bits per heavy atom. The average Bonchev–Trinajstić information content (AvgIpc) is 2.78. The van der Waals surface area contributed by atoms with Crippen LogP contribution in [-0.4, -0.2) is 0 Å². The van der Waals surface area contributed by atoms with Crippen LogP contribution in [0.15, 0.2) is 34.4 Å². The molecule has 0 amide bonds. The number of allylic oxidation sites excluding steroid dienone is 6. The lowest BCUT2D eigenvalue weighted by Gasteiger charge is -2.06. The molecule has 0 aromatic carbocycles. The molecule has 0 aromatic heterocycles. The van der Waals surface area contributed by atoms with E-state index in [4.69, 9.17) is 0 Å². The Balaban J connectivity index is 2.04. The zero-order valence-electron chi connectivity index (χ0n) is 9.19. The summed E-state index contributed by atoms with van der Waals surface area (Å²) >= 11 is 0. The van der Waals surface area contributed by atoms with Crippen LogP contribution in [0.4, 0.5) is 0 Å². The highest BCUT2D eigenvalue weighted by Gasteiger charge is 2.48. The molecule has 3 aliphatic rings. The first-order valence-corrected chi connectivity index (χ1v) is 5.77. The fourth-order valence-electron chi connectivity index (χ4n) is 2.97. The summed E-state index contributed by atoms with van der Waals surface area (Å²) in [6, 6.07) is 0. The van der Waals surface area contributed by atoms with E-state index in [1.54, 1.807) is 22.3 Å². The van der Waals surface area contributed by atoms with Gasteiger partial charge in [-0.1, -0.05) is 23.3 Å². The van der Waals surface area contributed by atoms with Crippen molar-refractivity contribution in [2.45, 2.75) is 46.0 Å². The normalized spacial score (nSPS) is 28.4. The molecule has 74 valence electrons. The van der Waals surface area contributed by atoms with Gasteiger partial charge in [-0.15, -0.1) is 0 Å². The van der Waals surface area contributed by atoms with Crippen molar-refractivity contribution in [3.63, 3.8) is 0 Å². The molecule has 0 bridgehead atoms. The fourth-order valence-corrected chi connectivity index (χ4v) is 2.97. The van der Waals surface area contributed by atoms with Crippen molar-refractivity contribution >= 4 is 0 Å². The Kier molecular flexibility index (Phi) is 1.60. The quantitative estimate of drug-likeness (QED) is 0.533. The first-order chi connectivity index (χ1) is 6.70. The van der Waals surface area contributed by atoms with Crippen molar-refractivity contribution in [3.05, 3.63) is 34.4 Å². The van der Waals surface area contributed by atoms with Gasteiger partial charge in [-0.2, -0.15) is 0 Å². The standard InChI is InChI=1S/C14H18/c1-10-4-3-5-11(2)13-9-14(6-7-14)8-12(10)13/h4-5H,3,6-9H2,1-2H3. The van der Waals surface area contributed by atoms with Gasteiger partial charge >= 0.3 is 0 Å². The summed E-state index contributed by atoms with van der Waals surface area (Å²) in [5.41, 5.74) is 7.21. The second kappa shape index (κ2) is 2.62. The molecule has 0 aliphatic heterocycles. The van der Waals surface area contributed by atoms with Crippen LogP contribution in [-0.2, 0) is 0 Å². The number of rotatable bonds is 0. The zero-order chi connectivity index (χ0) is 9.76. The maximum atomic E-state index is 2.40. The van der Waals surface area contributed by atoms with Crippen molar-refractivity contribution in [3.8, 4) is 0 Å². The molecule has 1 fully saturated rings. The molecule has 3 rings (SSSR count). The van der Waals surface area contributed by atoms with Crippen LogP contribution in [0.5, 0.6) is 0 Å². The smallest absolute Gasteiger partial charge is 0.0158 e. The molecule has 0 heteroatoms. The van der Waals surface area contributed by atoms with E-state index in [1.165, 1.54) is 25.7 Å². The Morgan fingerprint density at radius 2 is 1.43 bits per heavy atom. The van der Waals surface area contributed by atoms with E-state index in [9.17, 15) is 0 Å². The molecule has 0 radical (unpaired) electrons. The van der Waals surface area contributed by atoms with Crippen LogP contribution in [0.1, 0.15) is 46.0 Å². The molecule has 3 aliphatic carbocycles. The predicted molar refractivity (Wildman–Crippen MR) is 60.1 cm³/mol. The molecule has 0 N–H and O–H groups in total. The van der Waals surface area contributed by atoms with Gasteiger partial charge in [0.1, 0.15) is 0 Å². The highest BCUT2D eigenvalue weighted by molar-refractivity contribution is 5.51. The van der Waals surface area contributed by atoms with E-state index in [1.807, 2.05) is 0 Å². The molecular formula is C14H18. The SMILES string of the molecule is CC1=CCC=C(C)C2=C1CC1(CC1)C2. The topological polar surface area (TPSA) is 0 Å². The van der Waals surface area contributed by atoms with E-state index in [0.29, 0.717) is 0 Å². The largest absolute Gasteiger partial charge is 0.0775 e. The highest BCUT2D eigenvalue weighted by Crippen LogP contribution is 2.61. The second-order valence-corrected chi connectivity index (χ2v) is 5.32. The van der Waals surface area contributed by atoms with E-state index in [0.717, 1.165) is 11.8 Å². The third-order valence-corrected chi connectivity index (χ3v) is 4.23. The summed E-state index contributed by atoms with van der Waals surface area (Å²) in [4.78, 5) is 0. The van der Waals surface area contributed by atoms with E-state index in [-0.39, 0.29) is 0 Å². The summed E-state index contributed by atoms with van der Waals surface area (Å²) in [6.07, 6.45) is 11.6. The van der Waals surface area contributed by atoms with Gasteiger partial charge in [0.25, 0.3) is 0 Å². The van der Waals surface area contributed by atoms with Crippen LogP contribution in [0.3, 0.4) is 0 Å². The minimum Gasteiger partial charge on any atom is -0.0775 e. The fraction of sp³-hybridized carbons (Fsp3) is 0.571. The predicted octanol–water partition coefficient (Wildman–Crippen LogP) is 4.15. The molecule has 0 unspecified atom stereocenters. The maximum Gasteiger partial charge on any atom is -0.0158 e. The molecule has 1 saturated carbocycles. The summed E-state index contributed by atoms with van der Waals surface area (Å²) in [6.45, 7) is 4.59. The minimum atomic E-state index is 0.728. The number of hydrogen-bond acceptors (Lipinski definition) is 0. The van der Waals surface area contributed by atoms with Gasteiger partial charge in [0.2, 0.25) is 0 Å². The summed E-state index contributed by atoms with van der Waals surface area (Å²) in [5, 5.41) is 0. The van der Waals surface area contributed by atoms with Crippen LogP contribution in [0.25, 0.3) is 0 Å². The molecule has 14 heavy (non-hydrogen) atoms. The Morgan fingerprint density at radius 3 is 1.86 bits per heavy atom. The molecule has 0 atom stereocenters. The van der Waals surface area contributed by atoms with E-state index < -0.39 is 0 Å². The molecule has 1 spiro atoms. The molecular weight excluding hydrogens is 168 g/mol. The molecule has 0 saturated heterocycles. The highest BCUT2D eigenvalue weighted by atomic mass is 14.5. The van der Waals surface area contributed by atoms with Gasteiger partial charge < -0.3 is 0 Å². The summed E-state index contributed by atoms with van der Waals surface area (Å²) < 4.78 is 0. The van der Waals surface area contributed by atoms with Crippen LogP contribution >= 0.6 is 0 Å². The van der Waals surface area contributed by atoms with Gasteiger partial charge in [-0.25, -0.2) is 0 Å². The zero-order valence-corrected chi connectivity index (χ0v) is 9.19. The summed E-state index contributed by atoms with van der Waals surface area (Å²) in [5.74, 6) is 0. The second-order valence-electron chi connectivity index (χ2n) is 5.32. The third-order valence-electron chi connectivity index (χ3n) is 4.23. The van der Waals surface area contributed by atoms with Gasteiger partial charge in [0.15, 0.2) is 0 Å². The van der Waals surface area contributed by atoms with E-state index >= 15 is 0 Å². The van der Waals surface area contributed by atoms with Crippen LogP contribution in [0.2, 0.25) is 0 Å². The van der Waals surface area contributed by atoms with Crippen molar-refractivity contribution < 1.29 is 0 Å². The lowest BCUT2D eigenvalue weighted by molar-refractivity contribution is 0.545. The molecule has 0 heterocycles. The monoisotopic (exact) mass is 186 g/mol. The first kappa shape index (κ1) is 8.52. The molecule has 0 nitrogen and oxygen atoms in total. The van der Waals surface area contributed by atoms with Gasteiger partial charge in [-0.05, 0) is 62.5 Å². The Labute approximate surface area is 86.4 Å². The first-order valence-electron chi connectivity index (χ1n) is 5.77. The third kappa shape index (κ3) is 1.13. The molecule has 0 aromatic rings. The number of hydrogen-bond donors (Lipinski definition) is 0. The van der Waals surface area contributed by atoms with Crippen LogP contribution in [0, 0.1) is 5.41 Å². The van der Waals surface area contributed by atoms with Crippen molar-refractivity contribution in [1.29, 1.82) is 0 Å². The van der Waals surface area contributed by atoms with Gasteiger partial charge in [-0.3, -0.25) is 0 Å². The van der Waals surface area contributed by atoms with Crippen LogP contribution < -0.4 is 0 Å². The lowest BCUT2D eigenvalue weighted by Crippen LogP contribution is -1.93. The summed E-state index contributed by atoms with van der Waals surface area (Å²) in [7, 11) is 0. The minimum absolute atomic E-state index is 0.728. The average molecular weight is 186 g/mol. The maximum absolute atomic E-state index is 2.40. The van der Waals surface area contributed by atoms with E-state index in [2.05, 4.69) is 26.0 Å². The Bertz CT molecular complexity index is 341. The van der Waals surface area contributed by atoms with Crippen molar-refractivity contribution in [2.24, 2.45) is 5.41 Å². The Hall–Kier alpha value is -0.780. The van der Waals surface area contributed by atoms with Gasteiger partial charge in [0.05, 0.1) is 0 Å². The van der Waals surface area contributed by atoms with Gasteiger partial charge in [0, 0.05) is 0 Å². The van der Waals surface area contributed by atoms with Crippen molar-refractivity contribution in [1.82, 2.24) is 0 Å².